The number of carbonyl (C=O) groups is 1. The van der Waals surface area contributed by atoms with E-state index in [1.54, 1.807) is 6.07 Å². The van der Waals surface area contributed by atoms with Crippen molar-refractivity contribution in [2.75, 3.05) is 12.4 Å². The van der Waals surface area contributed by atoms with Crippen molar-refractivity contribution in [3.63, 3.8) is 0 Å². The molecule has 1 amide bonds. The number of methoxy groups -OCH3 is 1. The van der Waals surface area contributed by atoms with Crippen molar-refractivity contribution in [1.82, 2.24) is 0 Å². The number of nitrogens with two attached hydrogens (primary N) is 1. The maximum absolute atomic E-state index is 12.2. The Bertz CT molecular complexity index is 669. The van der Waals surface area contributed by atoms with Crippen LogP contribution in [-0.2, 0) is 6.54 Å². The number of aromatic hydroxyl groups is 1. The predicted molar refractivity (Wildman–Crippen MR) is 81.7 cm³/mol. The van der Waals surface area contributed by atoms with Crippen molar-refractivity contribution in [3.05, 3.63) is 53.1 Å². The van der Waals surface area contributed by atoms with Crippen LogP contribution in [0.1, 0.15) is 21.5 Å². The fourth-order valence-electron chi connectivity index (χ4n) is 1.95. The fraction of sp³-hybridized carbons (Fsp3) is 0.188. The minimum absolute atomic E-state index is 0.125. The van der Waals surface area contributed by atoms with Crippen LogP contribution in [0.25, 0.3) is 0 Å². The number of phenolic OH excluding ortho intramolecular Hbond substituents is 1. The van der Waals surface area contributed by atoms with E-state index in [1.807, 2.05) is 25.1 Å². The molecule has 0 aliphatic heterocycles. The molecule has 0 bridgehead atoms. The lowest BCUT2D eigenvalue weighted by Gasteiger charge is -2.11. The van der Waals surface area contributed by atoms with E-state index < -0.39 is 0 Å². The molecule has 0 aliphatic rings. The van der Waals surface area contributed by atoms with Gasteiger partial charge < -0.3 is 20.9 Å². The molecule has 0 aliphatic carbocycles. The summed E-state index contributed by atoms with van der Waals surface area (Å²) in [5, 5.41) is 12.7. The first-order valence-electron chi connectivity index (χ1n) is 6.53. The van der Waals surface area contributed by atoms with Crippen molar-refractivity contribution < 1.29 is 14.6 Å². The summed E-state index contributed by atoms with van der Waals surface area (Å²) in [4.78, 5) is 12.2. The Balaban J connectivity index is 2.26. The van der Waals surface area contributed by atoms with Crippen LogP contribution in [0.4, 0.5) is 5.69 Å². The highest BCUT2D eigenvalue weighted by atomic mass is 16.5. The van der Waals surface area contributed by atoms with Crippen LogP contribution in [0.5, 0.6) is 11.5 Å². The molecule has 0 saturated carbocycles. The van der Waals surface area contributed by atoms with Gasteiger partial charge in [-0.25, -0.2) is 0 Å². The topological polar surface area (TPSA) is 84.6 Å². The minimum Gasteiger partial charge on any atom is -0.507 e. The molecule has 5 heteroatoms. The van der Waals surface area contributed by atoms with Gasteiger partial charge >= 0.3 is 0 Å². The molecule has 0 heterocycles. The number of carbonyl (C=O) groups excluding carboxylic acids is 1. The summed E-state index contributed by atoms with van der Waals surface area (Å²) >= 11 is 0. The highest BCUT2D eigenvalue weighted by molar-refractivity contribution is 6.06. The van der Waals surface area contributed by atoms with Gasteiger partial charge in [-0.3, -0.25) is 4.79 Å². The number of phenols is 1. The lowest BCUT2D eigenvalue weighted by Crippen LogP contribution is -2.13. The molecular formula is C16H18N2O3. The highest BCUT2D eigenvalue weighted by Gasteiger charge is 2.13. The van der Waals surface area contributed by atoms with Crippen molar-refractivity contribution in [2.45, 2.75) is 13.5 Å². The Morgan fingerprint density at radius 2 is 2.05 bits per heavy atom. The number of rotatable bonds is 4. The van der Waals surface area contributed by atoms with Crippen molar-refractivity contribution in [3.8, 4) is 11.5 Å². The molecule has 0 fully saturated rings. The first-order valence-corrected chi connectivity index (χ1v) is 6.53. The van der Waals surface area contributed by atoms with Crippen LogP contribution >= 0.6 is 0 Å². The largest absolute Gasteiger partial charge is 0.507 e. The van der Waals surface area contributed by atoms with E-state index in [1.165, 1.54) is 19.2 Å². The number of benzene rings is 2. The first-order chi connectivity index (χ1) is 10.0. The Morgan fingerprint density at radius 1 is 1.29 bits per heavy atom. The van der Waals surface area contributed by atoms with Gasteiger partial charge in [0, 0.05) is 18.3 Å². The van der Waals surface area contributed by atoms with Crippen LogP contribution in [0.3, 0.4) is 0 Å². The molecule has 0 spiro atoms. The number of aryl methyl sites for hydroxylation is 1. The summed E-state index contributed by atoms with van der Waals surface area (Å²) in [6.07, 6.45) is 0. The molecule has 4 N–H and O–H groups in total. The number of nitrogens with one attached hydrogen (secondary N) is 1. The zero-order chi connectivity index (χ0) is 15.4. The van der Waals surface area contributed by atoms with Crippen molar-refractivity contribution >= 4 is 11.6 Å². The van der Waals surface area contributed by atoms with Crippen LogP contribution < -0.4 is 15.8 Å². The van der Waals surface area contributed by atoms with E-state index in [2.05, 4.69) is 5.32 Å². The van der Waals surface area contributed by atoms with E-state index in [0.717, 1.165) is 11.1 Å². The third kappa shape index (κ3) is 3.32. The number of hydrogen-bond acceptors (Lipinski definition) is 4. The molecule has 5 nitrogen and oxygen atoms in total. The summed E-state index contributed by atoms with van der Waals surface area (Å²) in [6, 6.07) is 10.2. The van der Waals surface area contributed by atoms with Crippen LogP contribution in [0, 0.1) is 6.92 Å². The summed E-state index contributed by atoms with van der Waals surface area (Å²) in [5.41, 5.74) is 8.32. The van der Waals surface area contributed by atoms with Gasteiger partial charge in [0.2, 0.25) is 0 Å². The second-order valence-electron chi connectivity index (χ2n) is 4.69. The lowest BCUT2D eigenvalue weighted by atomic mass is 10.1. The average molecular weight is 286 g/mol. The number of amides is 1. The maximum atomic E-state index is 12.2. The van der Waals surface area contributed by atoms with Gasteiger partial charge in [0.05, 0.1) is 12.7 Å². The Kier molecular flexibility index (Phi) is 4.45. The minimum atomic E-state index is -0.382. The highest BCUT2D eigenvalue weighted by Crippen LogP contribution is 2.25. The van der Waals surface area contributed by atoms with E-state index >= 15 is 0 Å². The number of ether oxygens (including phenoxy) is 1. The lowest BCUT2D eigenvalue weighted by molar-refractivity contribution is 0.102. The molecule has 0 saturated heterocycles. The van der Waals surface area contributed by atoms with E-state index in [4.69, 9.17) is 10.5 Å². The predicted octanol–water partition coefficient (Wildman–Crippen LogP) is 2.42. The van der Waals surface area contributed by atoms with E-state index in [9.17, 15) is 9.90 Å². The monoisotopic (exact) mass is 286 g/mol. The van der Waals surface area contributed by atoms with Gasteiger partial charge in [0.15, 0.2) is 0 Å². The molecule has 2 rings (SSSR count). The zero-order valence-corrected chi connectivity index (χ0v) is 12.0. The third-order valence-electron chi connectivity index (χ3n) is 3.24. The second-order valence-corrected chi connectivity index (χ2v) is 4.69. The van der Waals surface area contributed by atoms with Gasteiger partial charge in [-0.2, -0.15) is 0 Å². The standard InChI is InChI=1S/C16H18N2O3/c1-10-3-4-11(9-17)7-14(10)18-16(20)13-6-5-12(21-2)8-15(13)19/h3-8,19H,9,17H2,1-2H3,(H,18,20). The summed E-state index contributed by atoms with van der Waals surface area (Å²) in [7, 11) is 1.50. The Morgan fingerprint density at radius 3 is 2.67 bits per heavy atom. The molecule has 2 aromatic rings. The fourth-order valence-corrected chi connectivity index (χ4v) is 1.95. The summed E-state index contributed by atoms with van der Waals surface area (Å²) in [5.74, 6) is -0.0164. The van der Waals surface area contributed by atoms with Gasteiger partial charge in [0.25, 0.3) is 5.91 Å². The molecule has 0 unspecified atom stereocenters. The quantitative estimate of drug-likeness (QED) is 0.806. The maximum Gasteiger partial charge on any atom is 0.259 e. The smallest absolute Gasteiger partial charge is 0.259 e. The molecule has 110 valence electrons. The molecular weight excluding hydrogens is 268 g/mol. The Labute approximate surface area is 123 Å². The zero-order valence-electron chi connectivity index (χ0n) is 12.0. The third-order valence-corrected chi connectivity index (χ3v) is 3.24. The van der Waals surface area contributed by atoms with Gasteiger partial charge in [-0.1, -0.05) is 12.1 Å². The molecule has 0 aromatic heterocycles. The molecule has 2 aromatic carbocycles. The van der Waals surface area contributed by atoms with Crippen molar-refractivity contribution in [2.24, 2.45) is 5.73 Å². The number of anilines is 1. The molecule has 0 radical (unpaired) electrons. The Hall–Kier alpha value is -2.53. The van der Waals surface area contributed by atoms with E-state index in [0.29, 0.717) is 18.0 Å². The second kappa shape index (κ2) is 6.28. The van der Waals surface area contributed by atoms with Crippen LogP contribution in [-0.4, -0.2) is 18.1 Å². The van der Waals surface area contributed by atoms with Crippen LogP contribution in [0.2, 0.25) is 0 Å². The van der Waals surface area contributed by atoms with Gasteiger partial charge in [0.1, 0.15) is 11.5 Å². The molecule has 0 atom stereocenters. The van der Waals surface area contributed by atoms with E-state index in [-0.39, 0.29) is 17.2 Å². The average Bonchev–Trinajstić information content (AvgIpc) is 2.49. The first kappa shape index (κ1) is 14.9. The summed E-state index contributed by atoms with van der Waals surface area (Å²) < 4.78 is 4.99. The normalized spacial score (nSPS) is 10.2. The SMILES string of the molecule is COc1ccc(C(=O)Nc2cc(CN)ccc2C)c(O)c1. The van der Waals surface area contributed by atoms with Crippen molar-refractivity contribution in [1.29, 1.82) is 0 Å². The van der Waals surface area contributed by atoms with Gasteiger partial charge in [-0.05, 0) is 36.2 Å². The van der Waals surface area contributed by atoms with Gasteiger partial charge in [-0.15, -0.1) is 0 Å². The molecule has 21 heavy (non-hydrogen) atoms. The summed E-state index contributed by atoms with van der Waals surface area (Å²) in [6.45, 7) is 2.29. The number of hydrogen-bond donors (Lipinski definition) is 3. The van der Waals surface area contributed by atoms with Crippen LogP contribution in [0.15, 0.2) is 36.4 Å².